The van der Waals surface area contributed by atoms with Crippen molar-refractivity contribution < 1.29 is 18.0 Å². The van der Waals surface area contributed by atoms with E-state index in [1.165, 1.54) is 12.3 Å². The van der Waals surface area contributed by atoms with Gasteiger partial charge in [0.1, 0.15) is 5.41 Å². The summed E-state index contributed by atoms with van der Waals surface area (Å²) in [4.78, 5) is 23.9. The van der Waals surface area contributed by atoms with E-state index in [-0.39, 0.29) is 12.5 Å². The smallest absolute Gasteiger partial charge is 0.314 e. The number of fused-ring (bicyclic) bond motifs is 3. The molecule has 0 saturated carbocycles. The minimum absolute atomic E-state index is 0.0230. The van der Waals surface area contributed by atoms with Crippen molar-refractivity contribution in [3.63, 3.8) is 0 Å². The Kier molecular flexibility index (Phi) is 4.86. The largest absolute Gasteiger partial charge is 0.416 e. The minimum atomic E-state index is -4.45. The highest BCUT2D eigenvalue weighted by Crippen LogP contribution is 2.45. The van der Waals surface area contributed by atoms with E-state index in [1.807, 2.05) is 19.1 Å². The van der Waals surface area contributed by atoms with E-state index in [9.17, 15) is 18.0 Å². The summed E-state index contributed by atoms with van der Waals surface area (Å²) < 4.78 is 39.7. The highest BCUT2D eigenvalue weighted by atomic mass is 19.4. The molecule has 33 heavy (non-hydrogen) atoms. The lowest BCUT2D eigenvalue weighted by molar-refractivity contribution is -0.137. The number of hydrogen-bond acceptors (Lipinski definition) is 4. The van der Waals surface area contributed by atoms with E-state index in [1.54, 1.807) is 23.4 Å². The van der Waals surface area contributed by atoms with Crippen molar-refractivity contribution in [1.82, 2.24) is 15.3 Å². The van der Waals surface area contributed by atoms with Gasteiger partial charge in [-0.05, 0) is 41.6 Å². The fourth-order valence-electron chi connectivity index (χ4n) is 4.76. The lowest BCUT2D eigenvalue weighted by Crippen LogP contribution is -2.61. The van der Waals surface area contributed by atoms with E-state index in [0.29, 0.717) is 35.1 Å². The average molecular weight is 450 g/mol. The summed E-state index contributed by atoms with van der Waals surface area (Å²) in [5, 5.41) is 4.19. The molecule has 0 atom stereocenters. The van der Waals surface area contributed by atoms with Gasteiger partial charge in [0, 0.05) is 36.4 Å². The molecule has 2 aliphatic rings. The Morgan fingerprint density at radius 1 is 1.27 bits per heavy atom. The van der Waals surface area contributed by atoms with Gasteiger partial charge in [-0.2, -0.15) is 13.2 Å². The summed E-state index contributed by atoms with van der Waals surface area (Å²) in [5.74, 6) is -0.0230. The van der Waals surface area contributed by atoms with Crippen molar-refractivity contribution in [2.75, 3.05) is 18.0 Å². The molecule has 5 nitrogen and oxygen atoms in total. The van der Waals surface area contributed by atoms with E-state index in [0.717, 1.165) is 29.0 Å². The Morgan fingerprint density at radius 3 is 2.70 bits per heavy atom. The van der Waals surface area contributed by atoms with Gasteiger partial charge in [0.2, 0.25) is 5.91 Å². The monoisotopic (exact) mass is 450 g/mol. The third-order valence-electron chi connectivity index (χ3n) is 6.54. The maximum Gasteiger partial charge on any atom is 0.416 e. The summed E-state index contributed by atoms with van der Waals surface area (Å²) in [6.07, 6.45) is 3.84. The number of amides is 1. The number of rotatable bonds is 4. The first kappa shape index (κ1) is 21.3. The molecule has 1 fully saturated rings. The molecule has 1 amide bonds. The Balaban J connectivity index is 1.65. The summed E-state index contributed by atoms with van der Waals surface area (Å²) in [7, 11) is 0. The van der Waals surface area contributed by atoms with Crippen molar-refractivity contribution >= 4 is 27.9 Å². The van der Waals surface area contributed by atoms with Gasteiger partial charge in [-0.25, -0.2) is 0 Å². The van der Waals surface area contributed by atoms with Crippen LogP contribution < -0.4 is 10.2 Å². The van der Waals surface area contributed by atoms with Crippen LogP contribution in [0.4, 0.5) is 18.9 Å². The molecule has 1 N–H and O–H groups in total. The quantitative estimate of drug-likeness (QED) is 0.589. The molecule has 2 aromatic heterocycles. The first-order valence-corrected chi connectivity index (χ1v) is 10.6. The zero-order valence-corrected chi connectivity index (χ0v) is 17.9. The second kappa shape index (κ2) is 7.52. The lowest BCUT2D eigenvalue weighted by atomic mass is 9.77. The summed E-state index contributed by atoms with van der Waals surface area (Å²) in [6.45, 7) is 7.00. The number of anilines is 1. The van der Waals surface area contributed by atoms with Gasteiger partial charge in [-0.15, -0.1) is 0 Å². The fourth-order valence-corrected chi connectivity index (χ4v) is 4.76. The van der Waals surface area contributed by atoms with Crippen molar-refractivity contribution in [3.8, 4) is 0 Å². The lowest BCUT2D eigenvalue weighted by Gasteiger charge is -2.38. The predicted octanol–water partition coefficient (Wildman–Crippen LogP) is 4.63. The second-order valence-corrected chi connectivity index (χ2v) is 8.30. The van der Waals surface area contributed by atoms with Crippen LogP contribution in [0.2, 0.25) is 0 Å². The number of carbonyl (C=O) groups is 1. The SMILES string of the molecule is C=C/C(=C\C)c1c(CN2C(=O)C3(CNC3)c3ccncc32)ncc2cc(C(F)(F)F)ccc12. The Morgan fingerprint density at radius 2 is 2.06 bits per heavy atom. The molecule has 0 aliphatic carbocycles. The zero-order chi connectivity index (χ0) is 23.4. The standard InChI is InChI=1S/C25H21F3N4O/c1-3-15(4-2)22-18-6-5-17(25(26,27)28)9-16(18)10-31-20(22)12-32-21-11-29-8-7-19(21)24(23(32)33)13-30-14-24/h3-11,30H,1,12-14H2,2H3/b15-4+. The fraction of sp³-hybridized carbons (Fsp3) is 0.240. The highest BCUT2D eigenvalue weighted by molar-refractivity contribution is 6.09. The molecule has 8 heteroatoms. The number of benzene rings is 1. The number of nitrogens with one attached hydrogen (secondary N) is 1. The first-order chi connectivity index (χ1) is 15.8. The molecule has 1 aromatic carbocycles. The molecule has 3 aromatic rings. The number of hydrogen-bond donors (Lipinski definition) is 1. The molecule has 0 bridgehead atoms. The van der Waals surface area contributed by atoms with Crippen LogP contribution >= 0.6 is 0 Å². The van der Waals surface area contributed by atoms with Gasteiger partial charge >= 0.3 is 6.18 Å². The molecular weight excluding hydrogens is 429 g/mol. The molecule has 4 heterocycles. The van der Waals surface area contributed by atoms with Crippen molar-refractivity contribution in [2.24, 2.45) is 0 Å². The second-order valence-electron chi connectivity index (χ2n) is 8.30. The molecule has 1 spiro atoms. The first-order valence-electron chi connectivity index (χ1n) is 10.6. The van der Waals surface area contributed by atoms with Crippen LogP contribution in [0.5, 0.6) is 0 Å². The highest BCUT2D eigenvalue weighted by Gasteiger charge is 2.54. The summed E-state index contributed by atoms with van der Waals surface area (Å²) >= 11 is 0. The Labute approximate surface area is 188 Å². The molecule has 1 saturated heterocycles. The number of pyridine rings is 2. The van der Waals surface area contributed by atoms with Gasteiger partial charge in [0.15, 0.2) is 0 Å². The van der Waals surface area contributed by atoms with Crippen LogP contribution in [-0.4, -0.2) is 29.0 Å². The number of alkyl halides is 3. The molecule has 168 valence electrons. The maximum atomic E-state index is 13.5. The average Bonchev–Trinajstić information content (AvgIpc) is 3.02. The van der Waals surface area contributed by atoms with Crippen LogP contribution in [0.25, 0.3) is 16.3 Å². The van der Waals surface area contributed by atoms with Crippen LogP contribution in [0.15, 0.2) is 61.6 Å². The molecule has 0 unspecified atom stereocenters. The third kappa shape index (κ3) is 3.16. The Hall–Kier alpha value is -3.52. The van der Waals surface area contributed by atoms with Crippen molar-refractivity contribution in [2.45, 2.75) is 25.1 Å². The van der Waals surface area contributed by atoms with Gasteiger partial charge in [0.05, 0.1) is 29.7 Å². The van der Waals surface area contributed by atoms with Crippen LogP contribution in [0, 0.1) is 0 Å². The minimum Gasteiger partial charge on any atom is -0.314 e. The van der Waals surface area contributed by atoms with Crippen molar-refractivity contribution in [1.29, 1.82) is 0 Å². The van der Waals surface area contributed by atoms with E-state index < -0.39 is 17.2 Å². The number of nitrogens with zero attached hydrogens (tertiary/aromatic N) is 3. The van der Waals surface area contributed by atoms with Gasteiger partial charge in [-0.3, -0.25) is 14.8 Å². The third-order valence-corrected chi connectivity index (χ3v) is 6.54. The normalized spacial score (nSPS) is 17.4. The molecule has 2 aliphatic heterocycles. The van der Waals surface area contributed by atoms with E-state index >= 15 is 0 Å². The van der Waals surface area contributed by atoms with Crippen molar-refractivity contribution in [3.05, 3.63) is 84.0 Å². The Bertz CT molecular complexity index is 1320. The summed E-state index contributed by atoms with van der Waals surface area (Å²) in [6, 6.07) is 5.51. The number of allylic oxidation sites excluding steroid dienone is 3. The topological polar surface area (TPSA) is 58.1 Å². The zero-order valence-electron chi connectivity index (χ0n) is 17.9. The maximum absolute atomic E-state index is 13.5. The van der Waals surface area contributed by atoms with Gasteiger partial charge in [0.25, 0.3) is 0 Å². The molecular formula is C25H21F3N4O. The summed E-state index contributed by atoms with van der Waals surface area (Å²) in [5.41, 5.74) is 2.34. The number of halogens is 3. The van der Waals surface area contributed by atoms with Gasteiger partial charge in [-0.1, -0.05) is 24.8 Å². The predicted molar refractivity (Wildman–Crippen MR) is 121 cm³/mol. The molecule has 5 rings (SSSR count). The van der Waals surface area contributed by atoms with Gasteiger partial charge < -0.3 is 10.2 Å². The number of carbonyl (C=O) groups excluding carboxylic acids is 1. The van der Waals surface area contributed by atoms with E-state index in [2.05, 4.69) is 21.9 Å². The number of aromatic nitrogens is 2. The van der Waals surface area contributed by atoms with E-state index in [4.69, 9.17) is 0 Å². The van der Waals surface area contributed by atoms with Crippen LogP contribution in [0.1, 0.15) is 29.3 Å². The van der Waals surface area contributed by atoms with Crippen LogP contribution in [-0.2, 0) is 22.9 Å². The molecule has 0 radical (unpaired) electrons. The van der Waals surface area contributed by atoms with Crippen LogP contribution in [0.3, 0.4) is 0 Å².